The number of aliphatic hydroxyl groups is 1. The monoisotopic (exact) mass is 306 g/mol. The molecule has 0 bridgehead atoms. The minimum absolute atomic E-state index is 0.0504. The second kappa shape index (κ2) is 6.24. The maximum Gasteiger partial charge on any atom is 0.317 e. The number of amides is 1. The molecule has 1 saturated carbocycles. The van der Waals surface area contributed by atoms with Crippen LogP contribution in [0, 0.1) is 16.5 Å². The van der Waals surface area contributed by atoms with Gasteiger partial charge in [0, 0.05) is 18.7 Å². The first-order valence-corrected chi connectivity index (χ1v) is 7.90. The standard InChI is InChI=1S/C17H26N2O3/c1-16(2,3)13-7-9-17(21,10-8-13)12-18-15(20)14-6-4-5-11-19(14)22/h4-6,11,13,21H,7-10,12H2,1-3H3,(H,18,20). The first kappa shape index (κ1) is 16.7. The molecule has 5 nitrogen and oxygen atoms in total. The van der Waals surface area contributed by atoms with E-state index in [4.69, 9.17) is 0 Å². The van der Waals surface area contributed by atoms with Crippen molar-refractivity contribution in [2.45, 2.75) is 52.1 Å². The molecule has 2 rings (SSSR count). The van der Waals surface area contributed by atoms with Gasteiger partial charge in [0.25, 0.3) is 5.69 Å². The van der Waals surface area contributed by atoms with Crippen LogP contribution in [-0.2, 0) is 0 Å². The zero-order valence-corrected chi connectivity index (χ0v) is 13.6. The molecule has 0 unspecified atom stereocenters. The van der Waals surface area contributed by atoms with E-state index >= 15 is 0 Å². The number of aromatic nitrogens is 1. The Labute approximate surface area is 131 Å². The van der Waals surface area contributed by atoms with Gasteiger partial charge in [0.1, 0.15) is 0 Å². The van der Waals surface area contributed by atoms with Crippen LogP contribution in [0.4, 0.5) is 0 Å². The third-order valence-electron chi connectivity index (χ3n) is 4.78. The summed E-state index contributed by atoms with van der Waals surface area (Å²) in [5.74, 6) is 0.156. The van der Waals surface area contributed by atoms with E-state index in [2.05, 4.69) is 26.1 Å². The molecule has 0 atom stereocenters. The number of pyridine rings is 1. The fourth-order valence-corrected chi connectivity index (χ4v) is 3.14. The van der Waals surface area contributed by atoms with Gasteiger partial charge in [0.05, 0.1) is 5.60 Å². The van der Waals surface area contributed by atoms with Crippen molar-refractivity contribution in [1.82, 2.24) is 5.32 Å². The molecule has 1 aliphatic rings. The first-order chi connectivity index (χ1) is 10.2. The van der Waals surface area contributed by atoms with Gasteiger partial charge in [-0.15, -0.1) is 0 Å². The average Bonchev–Trinajstić information content (AvgIpc) is 2.45. The van der Waals surface area contributed by atoms with Crippen LogP contribution in [0.25, 0.3) is 0 Å². The van der Waals surface area contributed by atoms with Crippen LogP contribution in [0.15, 0.2) is 24.4 Å². The van der Waals surface area contributed by atoms with E-state index in [-0.39, 0.29) is 17.7 Å². The van der Waals surface area contributed by atoms with Crippen molar-refractivity contribution < 1.29 is 14.6 Å². The molecular weight excluding hydrogens is 280 g/mol. The second-order valence-corrected chi connectivity index (χ2v) is 7.46. The average molecular weight is 306 g/mol. The predicted molar refractivity (Wildman–Crippen MR) is 84.1 cm³/mol. The Morgan fingerprint density at radius 3 is 2.59 bits per heavy atom. The van der Waals surface area contributed by atoms with Crippen LogP contribution in [0.2, 0.25) is 0 Å². The van der Waals surface area contributed by atoms with E-state index in [0.29, 0.717) is 23.5 Å². The van der Waals surface area contributed by atoms with Gasteiger partial charge in [-0.2, -0.15) is 4.73 Å². The number of carbonyl (C=O) groups is 1. The number of carbonyl (C=O) groups excluding carboxylic acids is 1. The fourth-order valence-electron chi connectivity index (χ4n) is 3.14. The maximum atomic E-state index is 12.0. The Kier molecular flexibility index (Phi) is 4.75. The molecule has 0 saturated heterocycles. The first-order valence-electron chi connectivity index (χ1n) is 7.90. The van der Waals surface area contributed by atoms with Crippen molar-refractivity contribution in [3.8, 4) is 0 Å². The molecule has 1 amide bonds. The summed E-state index contributed by atoms with van der Waals surface area (Å²) >= 11 is 0. The van der Waals surface area contributed by atoms with Gasteiger partial charge < -0.3 is 15.6 Å². The molecule has 1 fully saturated rings. The van der Waals surface area contributed by atoms with Gasteiger partial charge >= 0.3 is 5.91 Å². The Bertz CT molecular complexity index is 529. The predicted octanol–water partition coefficient (Wildman–Crippen LogP) is 2.02. The highest BCUT2D eigenvalue weighted by atomic mass is 16.5. The van der Waals surface area contributed by atoms with Crippen molar-refractivity contribution in [1.29, 1.82) is 0 Å². The molecule has 0 aliphatic heterocycles. The molecule has 122 valence electrons. The second-order valence-electron chi connectivity index (χ2n) is 7.46. The number of hydrogen-bond donors (Lipinski definition) is 2. The molecular formula is C17H26N2O3. The maximum absolute atomic E-state index is 12.0. The molecule has 1 aromatic rings. The zero-order valence-electron chi connectivity index (χ0n) is 13.6. The molecule has 1 aliphatic carbocycles. The molecule has 1 aromatic heterocycles. The summed E-state index contributed by atoms with van der Waals surface area (Å²) in [6, 6.07) is 4.69. The van der Waals surface area contributed by atoms with Gasteiger partial charge in [0.15, 0.2) is 6.20 Å². The van der Waals surface area contributed by atoms with Gasteiger partial charge in [-0.25, -0.2) is 0 Å². The third-order valence-corrected chi connectivity index (χ3v) is 4.78. The SMILES string of the molecule is CC(C)(C)C1CCC(O)(CNC(=O)c2cccc[n+]2[O-])CC1. The van der Waals surface area contributed by atoms with E-state index in [9.17, 15) is 15.1 Å². The van der Waals surface area contributed by atoms with Crippen LogP contribution in [-0.4, -0.2) is 23.2 Å². The van der Waals surface area contributed by atoms with Crippen LogP contribution in [0.3, 0.4) is 0 Å². The molecule has 2 N–H and O–H groups in total. The summed E-state index contributed by atoms with van der Waals surface area (Å²) in [5, 5.41) is 24.9. The summed E-state index contributed by atoms with van der Waals surface area (Å²) < 4.78 is 0.538. The topological polar surface area (TPSA) is 76.3 Å². The number of nitrogens with zero attached hydrogens (tertiary/aromatic N) is 1. The van der Waals surface area contributed by atoms with Gasteiger partial charge in [-0.3, -0.25) is 4.79 Å². The summed E-state index contributed by atoms with van der Waals surface area (Å²) in [5.41, 5.74) is -0.558. The van der Waals surface area contributed by atoms with Gasteiger partial charge in [0.2, 0.25) is 0 Å². The van der Waals surface area contributed by atoms with Crippen LogP contribution < -0.4 is 10.0 Å². The zero-order chi connectivity index (χ0) is 16.4. The largest absolute Gasteiger partial charge is 0.618 e. The molecule has 5 heteroatoms. The molecule has 1 heterocycles. The van der Waals surface area contributed by atoms with Gasteiger partial charge in [-0.05, 0) is 43.1 Å². The van der Waals surface area contributed by atoms with Crippen molar-refractivity contribution in [3.05, 3.63) is 35.3 Å². The summed E-state index contributed by atoms with van der Waals surface area (Å²) in [7, 11) is 0. The highest BCUT2D eigenvalue weighted by Crippen LogP contribution is 2.41. The lowest BCUT2D eigenvalue weighted by molar-refractivity contribution is -0.607. The highest BCUT2D eigenvalue weighted by molar-refractivity contribution is 5.90. The van der Waals surface area contributed by atoms with Crippen molar-refractivity contribution >= 4 is 5.91 Å². The number of rotatable bonds is 3. The Balaban J connectivity index is 1.90. The smallest absolute Gasteiger partial charge is 0.317 e. The van der Waals surface area contributed by atoms with Crippen LogP contribution in [0.5, 0.6) is 0 Å². The quantitative estimate of drug-likeness (QED) is 0.662. The van der Waals surface area contributed by atoms with E-state index in [1.54, 1.807) is 12.1 Å². The molecule has 0 spiro atoms. The van der Waals surface area contributed by atoms with Crippen LogP contribution in [0.1, 0.15) is 56.9 Å². The fraction of sp³-hybridized carbons (Fsp3) is 0.647. The molecule has 0 aromatic carbocycles. The Morgan fingerprint density at radius 1 is 1.41 bits per heavy atom. The molecule has 0 radical (unpaired) electrons. The number of hydrogen-bond acceptors (Lipinski definition) is 3. The summed E-state index contributed by atoms with van der Waals surface area (Å²) in [6.07, 6.45) is 4.58. The summed E-state index contributed by atoms with van der Waals surface area (Å²) in [4.78, 5) is 12.0. The van der Waals surface area contributed by atoms with Crippen molar-refractivity contribution in [2.24, 2.45) is 11.3 Å². The minimum Gasteiger partial charge on any atom is -0.618 e. The van der Waals surface area contributed by atoms with E-state index in [1.807, 2.05) is 0 Å². The highest BCUT2D eigenvalue weighted by Gasteiger charge is 2.37. The van der Waals surface area contributed by atoms with E-state index < -0.39 is 11.5 Å². The van der Waals surface area contributed by atoms with E-state index in [1.165, 1.54) is 12.3 Å². The lowest BCUT2D eigenvalue weighted by Crippen LogP contribution is -2.48. The molecule has 22 heavy (non-hydrogen) atoms. The van der Waals surface area contributed by atoms with Crippen molar-refractivity contribution in [2.75, 3.05) is 6.54 Å². The van der Waals surface area contributed by atoms with Gasteiger partial charge in [-0.1, -0.05) is 20.8 Å². The Hall–Kier alpha value is -1.62. The lowest BCUT2D eigenvalue weighted by Gasteiger charge is -2.41. The lowest BCUT2D eigenvalue weighted by atomic mass is 9.68. The summed E-state index contributed by atoms with van der Waals surface area (Å²) in [6.45, 7) is 6.88. The Morgan fingerprint density at radius 2 is 2.05 bits per heavy atom. The van der Waals surface area contributed by atoms with E-state index in [0.717, 1.165) is 12.8 Å². The minimum atomic E-state index is -0.861. The van der Waals surface area contributed by atoms with Crippen molar-refractivity contribution in [3.63, 3.8) is 0 Å². The normalized spacial score (nSPS) is 25.7. The number of nitrogens with one attached hydrogen (secondary N) is 1. The third kappa shape index (κ3) is 3.97. The van der Waals surface area contributed by atoms with Crippen LogP contribution >= 0.6 is 0 Å².